The zero-order valence-corrected chi connectivity index (χ0v) is 45.7. The zero-order valence-electron chi connectivity index (χ0n) is 42.7. The normalized spacial score (nSPS) is 25.8. The van der Waals surface area contributed by atoms with Crippen LogP contribution in [0.3, 0.4) is 0 Å². The quantitative estimate of drug-likeness (QED) is 0.115. The van der Waals surface area contributed by atoms with Crippen molar-refractivity contribution in [2.75, 3.05) is 0 Å². The predicted octanol–water partition coefficient (Wildman–Crippen LogP) is 20.5. The van der Waals surface area contributed by atoms with Crippen LogP contribution in [0.15, 0.2) is 5.57 Å². The first-order valence-electron chi connectivity index (χ1n) is 29.2. The number of rotatable bonds is 6. The van der Waals surface area contributed by atoms with Crippen LogP contribution >= 0.6 is 0 Å². The van der Waals surface area contributed by atoms with Gasteiger partial charge in [-0.15, -0.1) is 0 Å². The van der Waals surface area contributed by atoms with Crippen LogP contribution in [0, 0.1) is 0 Å². The van der Waals surface area contributed by atoms with Gasteiger partial charge in [-0.3, -0.25) is 0 Å². The van der Waals surface area contributed by atoms with Gasteiger partial charge in [-0.05, 0) is 322 Å². The second-order valence-corrected chi connectivity index (χ2v) is 48.9. The van der Waals surface area contributed by atoms with E-state index in [1.807, 2.05) is 71.8 Å². The summed E-state index contributed by atoms with van der Waals surface area (Å²) in [6.07, 6.45) is 0. The van der Waals surface area contributed by atoms with Crippen molar-refractivity contribution in [1.82, 2.24) is 0 Å². The summed E-state index contributed by atoms with van der Waals surface area (Å²) in [6, 6.07) is 4.01. The van der Waals surface area contributed by atoms with Crippen molar-refractivity contribution in [2.24, 2.45) is 0 Å². The predicted molar refractivity (Wildman–Crippen MR) is 332 cm³/mol. The Kier molecular flexibility index (Phi) is 3.07. The fourth-order valence-electron chi connectivity index (χ4n) is 27.7. The topological polar surface area (TPSA) is 0 Å². The molecule has 0 aromatic heterocycles. The summed E-state index contributed by atoms with van der Waals surface area (Å²) >= 11 is 0. The van der Waals surface area contributed by atoms with Gasteiger partial charge in [0.15, 0.2) is 0 Å². The van der Waals surface area contributed by atoms with Crippen LogP contribution in [0.1, 0.15) is 50.4 Å². The Morgan fingerprint density at radius 1 is 0.240 bits per heavy atom. The van der Waals surface area contributed by atoms with E-state index in [2.05, 4.69) is 58.9 Å². The maximum atomic E-state index is 2.81. The molecule has 0 aliphatic heterocycles. The van der Waals surface area contributed by atoms with Crippen molar-refractivity contribution in [3.05, 3.63) is 50.1 Å². The maximum Gasteiger partial charge on any atom is 0.0458 e. The van der Waals surface area contributed by atoms with Gasteiger partial charge < -0.3 is 0 Å². The molecule has 32 rings (SSSR count). The molecule has 0 saturated carbocycles. The Morgan fingerprint density at radius 3 is 0.880 bits per heavy atom. The van der Waals surface area contributed by atoms with Crippen LogP contribution in [-0.4, -0.2) is 24.2 Å². The van der Waals surface area contributed by atoms with E-state index in [1.165, 1.54) is 18.1 Å². The molecule has 24 aromatic rings. The van der Waals surface area contributed by atoms with Gasteiger partial charge in [-0.1, -0.05) is 58.9 Å². The van der Waals surface area contributed by atoms with E-state index in [0.717, 1.165) is 0 Å². The lowest BCUT2D eigenvalue weighted by atomic mass is 9.47. The molecule has 4 atom stereocenters. The first-order valence-corrected chi connectivity index (χ1v) is 40.4. The van der Waals surface area contributed by atoms with Gasteiger partial charge in [0, 0.05) is 46.4 Å². The Bertz CT molecular complexity index is 7240. The molecule has 4 unspecified atom stereocenters. The molecule has 0 fully saturated rings. The molecular weight excluding hydrogens is 949 g/mol. The Balaban J connectivity index is 1.16. The molecule has 8 aliphatic carbocycles. The number of benzene rings is 16. The van der Waals surface area contributed by atoms with Gasteiger partial charge in [-0.25, -0.2) is 0 Å². The van der Waals surface area contributed by atoms with Gasteiger partial charge in [0.25, 0.3) is 0 Å². The van der Waals surface area contributed by atoms with E-state index >= 15 is 0 Å². The van der Waals surface area contributed by atoms with Gasteiger partial charge in [0.05, 0.1) is 0 Å². The van der Waals surface area contributed by atoms with Gasteiger partial charge in [-0.2, -0.15) is 0 Å². The Hall–Kier alpha value is -6.63. The molecule has 0 N–H and O–H groups in total. The summed E-state index contributed by atoms with van der Waals surface area (Å²) in [4.78, 5) is 0. The lowest BCUT2D eigenvalue weighted by Gasteiger charge is -2.59. The highest BCUT2D eigenvalue weighted by atomic mass is 28.3. The summed E-state index contributed by atoms with van der Waals surface area (Å²) < 4.78 is 0. The van der Waals surface area contributed by atoms with Gasteiger partial charge >= 0.3 is 0 Å². The van der Waals surface area contributed by atoms with Crippen LogP contribution in [0.2, 0.25) is 77.1 Å². The highest BCUT2D eigenvalue weighted by molar-refractivity contribution is 6.82. The van der Waals surface area contributed by atoms with E-state index in [1.54, 1.807) is 232 Å². The van der Waals surface area contributed by atoms with Crippen molar-refractivity contribution in [3.8, 4) is 0 Å². The van der Waals surface area contributed by atoms with E-state index in [9.17, 15) is 0 Å². The van der Waals surface area contributed by atoms with Crippen molar-refractivity contribution in [1.29, 1.82) is 0 Å². The highest BCUT2D eigenvalue weighted by Gasteiger charge is 2.75. The van der Waals surface area contributed by atoms with E-state index in [-0.39, 0.29) is 16.2 Å². The zero-order chi connectivity index (χ0) is 47.0. The van der Waals surface area contributed by atoms with E-state index < -0.39 is 24.2 Å². The first kappa shape index (κ1) is 32.1. The van der Waals surface area contributed by atoms with Gasteiger partial charge in [0.1, 0.15) is 0 Å². The molecule has 75 heavy (non-hydrogen) atoms. The third-order valence-corrected chi connectivity index (χ3v) is 31.6. The maximum absolute atomic E-state index is 2.81. The van der Waals surface area contributed by atoms with E-state index in [4.69, 9.17) is 0 Å². The molecule has 0 spiro atoms. The van der Waals surface area contributed by atoms with Gasteiger partial charge in [0.2, 0.25) is 0 Å². The molecule has 24 aromatic carbocycles. The standard InChI is InChI=1S/C72H34Si3/c1-73(2,3)10-70-61-51-41-35-21-19-14-13-15-17-18-16(13)24-26-20(14)22(21)36-38-37(35)49(51)59-60-50(38)52-42(36)40(26)44-30(24)32-28(18)34-33-27(17)31-29-23(15)25(19)39(41)43(29)53(61)55-45(31)47(33)57-58-48(34)46(32)56-54(44)62(52)71(11-74(4,5)6)64(56)66(58)72(12-75(7,8)9,65(57)63(55)70)69(67(59)70)68(60)71/h67H,10-12H2,1-9H3. The van der Waals surface area contributed by atoms with Crippen LogP contribution in [0.25, 0.3) is 253 Å². The van der Waals surface area contributed by atoms with Crippen LogP contribution in [0.5, 0.6) is 0 Å². The molecule has 3 heteroatoms. The number of allylic oxidation sites excluding steroid dienone is 2. The molecule has 334 valence electrons. The molecule has 0 heterocycles. The highest BCUT2D eigenvalue weighted by Crippen LogP contribution is 2.89. The fraction of sp³-hybridized carbons (Fsp3) is 0.222. The fourth-order valence-corrected chi connectivity index (χ4v) is 34.2. The second-order valence-electron chi connectivity index (χ2n) is 32.5. The average Bonchev–Trinajstić information content (AvgIpc) is 1.47. The average molecular weight is 983 g/mol. The lowest BCUT2D eigenvalue weighted by molar-refractivity contribution is 0.419. The summed E-state index contributed by atoms with van der Waals surface area (Å²) in [5, 5.41) is 80.0. The van der Waals surface area contributed by atoms with Crippen LogP contribution in [-0.2, 0) is 16.2 Å². The molecule has 0 amide bonds. The second kappa shape index (κ2) is 7.18. The third-order valence-electron chi connectivity index (χ3n) is 26.8. The molecule has 0 radical (unpaired) electrons. The number of hydrogen-bond acceptors (Lipinski definition) is 0. The number of hydrogen-bond donors (Lipinski definition) is 0. The summed E-state index contributed by atoms with van der Waals surface area (Å²) in [5.74, 6) is 0.391. The molecule has 0 saturated heterocycles. The minimum Gasteiger partial charge on any atom is -0.0695 e. The molecule has 8 aliphatic rings. The molecule has 0 nitrogen and oxygen atoms in total. The van der Waals surface area contributed by atoms with Crippen molar-refractivity contribution in [2.45, 2.75) is 99.2 Å². The van der Waals surface area contributed by atoms with Crippen molar-refractivity contribution < 1.29 is 0 Å². The third kappa shape index (κ3) is 1.90. The summed E-state index contributed by atoms with van der Waals surface area (Å²) in [6.45, 7) is 25.3. The Morgan fingerprint density at radius 2 is 0.493 bits per heavy atom. The molecular formula is C72H34Si3. The van der Waals surface area contributed by atoms with E-state index in [0.29, 0.717) is 5.92 Å². The van der Waals surface area contributed by atoms with Crippen LogP contribution < -0.4 is 0 Å². The summed E-state index contributed by atoms with van der Waals surface area (Å²) in [5.41, 5.74) is 18.8. The summed E-state index contributed by atoms with van der Waals surface area (Å²) in [7, 11) is -5.53. The van der Waals surface area contributed by atoms with Crippen molar-refractivity contribution >= 4 is 278 Å². The molecule has 0 bridgehead atoms. The monoisotopic (exact) mass is 982 g/mol. The smallest absolute Gasteiger partial charge is 0.0458 e. The van der Waals surface area contributed by atoms with Crippen LogP contribution in [0.4, 0.5) is 0 Å². The SMILES string of the molecule is C[Si](C)(C)CC12C3=C4c5c6c7c8c9c%10c%11c(c1c1c%12c2c2c%13c%14c(c%15c5c5c7c7c8c8c%10c%10c%16c%11c1c1c%11c%12c%13c%12c%13c%14c%14c%15c5c5c7c7c8c%10c8c(c1%16)c(c%11%12)c1c%13c%14c5c7c18)C42C[Si](C)(C)C)C9(C[Si](C)(C)C)C36. The lowest BCUT2D eigenvalue weighted by Crippen LogP contribution is -2.54. The Labute approximate surface area is 424 Å². The van der Waals surface area contributed by atoms with Crippen molar-refractivity contribution in [3.63, 3.8) is 0 Å². The first-order chi connectivity index (χ1) is 36.2. The minimum absolute atomic E-state index is 0.0743. The largest absolute Gasteiger partial charge is 0.0695 e. The minimum atomic E-state index is -1.85.